The van der Waals surface area contributed by atoms with Gasteiger partial charge in [-0.2, -0.15) is 0 Å². The number of carbonyl (C=O) groups excluding carboxylic acids is 1. The number of benzene rings is 1. The highest BCUT2D eigenvalue weighted by atomic mass is 35.5. The zero-order chi connectivity index (χ0) is 19.5. The van der Waals surface area contributed by atoms with Gasteiger partial charge in [0.1, 0.15) is 6.04 Å². The molecule has 1 aromatic carbocycles. The van der Waals surface area contributed by atoms with Gasteiger partial charge >= 0.3 is 0 Å². The number of thioether (sulfide) groups is 1. The second kappa shape index (κ2) is 8.55. The van der Waals surface area contributed by atoms with Gasteiger partial charge in [0.2, 0.25) is 21.1 Å². The van der Waals surface area contributed by atoms with Crippen LogP contribution in [0.1, 0.15) is 20.8 Å². The van der Waals surface area contributed by atoms with Gasteiger partial charge in [-0.3, -0.25) is 14.4 Å². The predicted octanol–water partition coefficient (Wildman–Crippen LogP) is 3.49. The number of hydrogen-bond acceptors (Lipinski definition) is 7. The Morgan fingerprint density at radius 1 is 1.31 bits per heavy atom. The van der Waals surface area contributed by atoms with Crippen LogP contribution in [0, 0.1) is 0 Å². The molecule has 0 radical (unpaired) electrons. The Hall–Kier alpha value is -1.36. The van der Waals surface area contributed by atoms with Crippen molar-refractivity contribution in [1.29, 1.82) is 0 Å². The predicted molar refractivity (Wildman–Crippen MR) is 108 cm³/mol. The molecule has 0 aliphatic carbocycles. The molecule has 0 fully saturated rings. The molecule has 0 bridgehead atoms. The number of anilines is 2. The molecule has 1 atom stereocenters. The topological polar surface area (TPSA) is 92.3 Å². The van der Waals surface area contributed by atoms with Gasteiger partial charge in [0, 0.05) is 10.3 Å². The molecule has 1 heterocycles. The highest BCUT2D eigenvalue weighted by Crippen LogP contribution is 2.29. The van der Waals surface area contributed by atoms with Crippen LogP contribution in [0.3, 0.4) is 0 Å². The van der Waals surface area contributed by atoms with Crippen molar-refractivity contribution < 1.29 is 13.2 Å². The molecule has 0 aliphatic heterocycles. The quantitative estimate of drug-likeness (QED) is 0.529. The molecule has 2 aromatic rings. The van der Waals surface area contributed by atoms with E-state index in [1.165, 1.54) is 36.1 Å². The summed E-state index contributed by atoms with van der Waals surface area (Å²) in [7, 11) is -3.70. The Bertz CT molecular complexity index is 886. The second-order valence-corrected chi connectivity index (χ2v) is 10.8. The van der Waals surface area contributed by atoms with E-state index in [1.54, 1.807) is 18.2 Å². The first-order valence-corrected chi connectivity index (χ1v) is 11.6. The van der Waals surface area contributed by atoms with Gasteiger partial charge in [0.15, 0.2) is 4.34 Å². The summed E-state index contributed by atoms with van der Waals surface area (Å²) in [5.41, 5.74) is 0.316. The van der Waals surface area contributed by atoms with Crippen molar-refractivity contribution in [2.45, 2.75) is 36.4 Å². The number of nitrogens with zero attached hydrogens (tertiary/aromatic N) is 3. The summed E-state index contributed by atoms with van der Waals surface area (Å²) in [5.74, 6) is -0.507. The van der Waals surface area contributed by atoms with Crippen LogP contribution in [0.5, 0.6) is 0 Å². The summed E-state index contributed by atoms with van der Waals surface area (Å²) in [6.45, 7) is 5.56. The van der Waals surface area contributed by atoms with Gasteiger partial charge in [-0.15, -0.1) is 10.2 Å². The van der Waals surface area contributed by atoms with E-state index in [2.05, 4.69) is 15.5 Å². The third-order valence-electron chi connectivity index (χ3n) is 3.12. The van der Waals surface area contributed by atoms with Crippen molar-refractivity contribution in [3.63, 3.8) is 0 Å². The number of rotatable bonds is 7. The molecule has 0 saturated heterocycles. The number of aromatic nitrogens is 2. The summed E-state index contributed by atoms with van der Waals surface area (Å²) in [6, 6.07) is 5.34. The molecule has 1 N–H and O–H groups in total. The summed E-state index contributed by atoms with van der Waals surface area (Å²) >= 11 is 8.74. The lowest BCUT2D eigenvalue weighted by molar-refractivity contribution is -0.116. The molecule has 142 valence electrons. The Morgan fingerprint density at radius 2 is 2.00 bits per heavy atom. The fourth-order valence-corrected chi connectivity index (χ4v) is 5.47. The van der Waals surface area contributed by atoms with Gasteiger partial charge in [0.25, 0.3) is 0 Å². The maximum absolute atomic E-state index is 12.6. The molecule has 0 spiro atoms. The Kier molecular flexibility index (Phi) is 6.89. The molecular weight excluding hydrogens is 416 g/mol. The van der Waals surface area contributed by atoms with Crippen molar-refractivity contribution in [1.82, 2.24) is 10.2 Å². The molecule has 7 nitrogen and oxygen atoms in total. The molecule has 26 heavy (non-hydrogen) atoms. The van der Waals surface area contributed by atoms with Crippen molar-refractivity contribution in [2.75, 3.05) is 15.9 Å². The van der Waals surface area contributed by atoms with Crippen LogP contribution in [0.15, 0.2) is 28.6 Å². The highest BCUT2D eigenvalue weighted by molar-refractivity contribution is 8.01. The van der Waals surface area contributed by atoms with E-state index in [0.717, 1.165) is 14.9 Å². The molecule has 1 aromatic heterocycles. The Balaban J connectivity index is 2.21. The van der Waals surface area contributed by atoms with Crippen LogP contribution in [0.4, 0.5) is 10.8 Å². The lowest BCUT2D eigenvalue weighted by Crippen LogP contribution is -2.45. The molecule has 1 amide bonds. The van der Waals surface area contributed by atoms with Crippen LogP contribution < -0.4 is 9.62 Å². The van der Waals surface area contributed by atoms with E-state index in [0.29, 0.717) is 21.1 Å². The SMILES string of the molecule is CC(C)Sc1nnc(NC(=O)[C@H](C)N(c2cccc(Cl)c2)S(C)(=O)=O)s1. The van der Waals surface area contributed by atoms with E-state index in [4.69, 9.17) is 11.6 Å². The van der Waals surface area contributed by atoms with Crippen molar-refractivity contribution in [3.8, 4) is 0 Å². The first kappa shape index (κ1) is 20.9. The molecule has 0 saturated carbocycles. The fraction of sp³-hybridized carbons (Fsp3) is 0.400. The number of halogens is 1. The summed E-state index contributed by atoms with van der Waals surface area (Å²) < 4.78 is 26.2. The minimum absolute atomic E-state index is 0.316. The monoisotopic (exact) mass is 434 g/mol. The van der Waals surface area contributed by atoms with Crippen LogP contribution >= 0.6 is 34.7 Å². The number of sulfonamides is 1. The molecule has 11 heteroatoms. The van der Waals surface area contributed by atoms with Crippen molar-refractivity contribution >= 4 is 61.4 Å². The Labute approximate surface area is 166 Å². The molecule has 0 unspecified atom stereocenters. The fourth-order valence-electron chi connectivity index (χ4n) is 2.14. The minimum atomic E-state index is -3.70. The lowest BCUT2D eigenvalue weighted by Gasteiger charge is -2.27. The van der Waals surface area contributed by atoms with Gasteiger partial charge in [-0.25, -0.2) is 8.42 Å². The lowest BCUT2D eigenvalue weighted by atomic mass is 10.2. The number of amides is 1. The second-order valence-electron chi connectivity index (χ2n) is 5.74. The third kappa shape index (κ3) is 5.57. The average Bonchev–Trinajstić information content (AvgIpc) is 2.92. The number of hydrogen-bond donors (Lipinski definition) is 1. The number of nitrogens with one attached hydrogen (secondary N) is 1. The summed E-state index contributed by atoms with van der Waals surface area (Å²) in [5, 5.41) is 11.6. The highest BCUT2D eigenvalue weighted by Gasteiger charge is 2.29. The Morgan fingerprint density at radius 3 is 2.58 bits per heavy atom. The summed E-state index contributed by atoms with van der Waals surface area (Å²) in [6.07, 6.45) is 1.04. The number of carbonyl (C=O) groups is 1. The van der Waals surface area contributed by atoms with E-state index in [-0.39, 0.29) is 0 Å². The summed E-state index contributed by atoms with van der Waals surface area (Å²) in [4.78, 5) is 12.6. The largest absolute Gasteiger partial charge is 0.299 e. The maximum Gasteiger partial charge on any atom is 0.249 e. The maximum atomic E-state index is 12.6. The molecule has 0 aliphatic rings. The zero-order valence-electron chi connectivity index (χ0n) is 14.6. The minimum Gasteiger partial charge on any atom is -0.299 e. The van der Waals surface area contributed by atoms with Gasteiger partial charge in [0.05, 0.1) is 11.9 Å². The first-order chi connectivity index (χ1) is 12.1. The van der Waals surface area contributed by atoms with Crippen LogP contribution in [0.25, 0.3) is 0 Å². The van der Waals surface area contributed by atoms with Crippen molar-refractivity contribution in [2.24, 2.45) is 0 Å². The molecule has 2 rings (SSSR count). The van der Waals surface area contributed by atoms with E-state index in [9.17, 15) is 13.2 Å². The van der Waals surface area contributed by atoms with Gasteiger partial charge in [-0.1, -0.05) is 54.6 Å². The van der Waals surface area contributed by atoms with Gasteiger partial charge < -0.3 is 0 Å². The third-order valence-corrected chi connectivity index (χ3v) is 6.53. The van der Waals surface area contributed by atoms with Crippen LogP contribution in [0.2, 0.25) is 5.02 Å². The van der Waals surface area contributed by atoms with Crippen LogP contribution in [-0.2, 0) is 14.8 Å². The van der Waals surface area contributed by atoms with E-state index in [1.807, 2.05) is 13.8 Å². The standard InChI is InChI=1S/C15H19ClN4O3S3/c1-9(2)24-15-19-18-14(25-15)17-13(21)10(3)20(26(4,22)23)12-7-5-6-11(16)8-12/h5-10H,1-4H3,(H,17,18,21)/t10-/m0/s1. The first-order valence-electron chi connectivity index (χ1n) is 7.64. The van der Waals surface area contributed by atoms with Gasteiger partial charge in [-0.05, 0) is 25.1 Å². The normalized spacial score (nSPS) is 12.8. The van der Waals surface area contributed by atoms with E-state index < -0.39 is 22.0 Å². The van der Waals surface area contributed by atoms with E-state index >= 15 is 0 Å². The molecular formula is C15H19ClN4O3S3. The van der Waals surface area contributed by atoms with Crippen molar-refractivity contribution in [3.05, 3.63) is 29.3 Å². The zero-order valence-corrected chi connectivity index (χ0v) is 17.8. The smallest absolute Gasteiger partial charge is 0.249 e. The van der Waals surface area contributed by atoms with Crippen LogP contribution in [-0.4, -0.2) is 42.1 Å². The average molecular weight is 435 g/mol.